The summed E-state index contributed by atoms with van der Waals surface area (Å²) in [6.45, 7) is 3.72. The van der Waals surface area contributed by atoms with Gasteiger partial charge in [-0.1, -0.05) is 29.8 Å². The largest absolute Gasteiger partial charge is 0.325 e. The first-order chi connectivity index (χ1) is 10.5. The van der Waals surface area contributed by atoms with Crippen LogP contribution in [-0.4, -0.2) is 11.9 Å². The Morgan fingerprint density at radius 3 is 2.36 bits per heavy atom. The van der Waals surface area contributed by atoms with E-state index in [1.165, 1.54) is 24.3 Å². The highest BCUT2D eigenvalue weighted by atomic mass is 35.5. The van der Waals surface area contributed by atoms with Crippen LogP contribution in [-0.2, 0) is 4.79 Å². The van der Waals surface area contributed by atoms with Crippen LogP contribution >= 0.6 is 11.6 Å². The number of halogens is 2. The standard InChI is InChI=1S/C17H18ClFN2O/c1-11(15-5-3-4-6-16(15)18)20-12(2)17(22)21-14-9-7-13(19)8-10-14/h3-12,20H,1-2H3,(H,21,22)/t11-,12+/m1/s1. The molecule has 0 aliphatic heterocycles. The molecule has 0 saturated heterocycles. The monoisotopic (exact) mass is 320 g/mol. The smallest absolute Gasteiger partial charge is 0.241 e. The van der Waals surface area contributed by atoms with Crippen molar-refractivity contribution in [2.45, 2.75) is 25.9 Å². The summed E-state index contributed by atoms with van der Waals surface area (Å²) in [5.41, 5.74) is 1.50. The summed E-state index contributed by atoms with van der Waals surface area (Å²) in [6.07, 6.45) is 0. The SMILES string of the molecule is C[C@H](N[C@H](C)c1ccccc1Cl)C(=O)Nc1ccc(F)cc1. The van der Waals surface area contributed by atoms with Gasteiger partial charge in [0.2, 0.25) is 5.91 Å². The van der Waals surface area contributed by atoms with Crippen molar-refractivity contribution >= 4 is 23.2 Å². The second-order valence-electron chi connectivity index (χ2n) is 5.13. The lowest BCUT2D eigenvalue weighted by molar-refractivity contribution is -0.117. The fourth-order valence-electron chi connectivity index (χ4n) is 2.15. The average Bonchev–Trinajstić information content (AvgIpc) is 2.49. The van der Waals surface area contributed by atoms with Crippen molar-refractivity contribution in [3.05, 3.63) is 64.9 Å². The Balaban J connectivity index is 1.96. The molecule has 2 atom stereocenters. The highest BCUT2D eigenvalue weighted by Crippen LogP contribution is 2.22. The summed E-state index contributed by atoms with van der Waals surface area (Å²) in [4.78, 5) is 12.1. The fourth-order valence-corrected chi connectivity index (χ4v) is 2.45. The molecule has 0 aromatic heterocycles. The highest BCUT2D eigenvalue weighted by Gasteiger charge is 2.17. The topological polar surface area (TPSA) is 41.1 Å². The molecule has 0 aliphatic carbocycles. The van der Waals surface area contributed by atoms with Crippen molar-refractivity contribution in [1.82, 2.24) is 5.32 Å². The van der Waals surface area contributed by atoms with Gasteiger partial charge >= 0.3 is 0 Å². The quantitative estimate of drug-likeness (QED) is 0.868. The third-order valence-electron chi connectivity index (χ3n) is 3.38. The predicted molar refractivity (Wildman–Crippen MR) is 87.5 cm³/mol. The number of hydrogen-bond acceptors (Lipinski definition) is 2. The van der Waals surface area contributed by atoms with Gasteiger partial charge in [-0.25, -0.2) is 4.39 Å². The molecule has 2 N–H and O–H groups in total. The Kier molecular flexibility index (Phi) is 5.52. The molecule has 2 aromatic carbocycles. The van der Waals surface area contributed by atoms with Crippen molar-refractivity contribution in [2.24, 2.45) is 0 Å². The molecule has 116 valence electrons. The normalized spacial score (nSPS) is 13.5. The van der Waals surface area contributed by atoms with Gasteiger partial charge in [0.15, 0.2) is 0 Å². The average molecular weight is 321 g/mol. The highest BCUT2D eigenvalue weighted by molar-refractivity contribution is 6.31. The summed E-state index contributed by atoms with van der Waals surface area (Å²) in [5.74, 6) is -0.526. The summed E-state index contributed by atoms with van der Waals surface area (Å²) in [7, 11) is 0. The van der Waals surface area contributed by atoms with Gasteiger partial charge in [-0.15, -0.1) is 0 Å². The number of benzene rings is 2. The van der Waals surface area contributed by atoms with Gasteiger partial charge in [-0.3, -0.25) is 10.1 Å². The number of anilines is 1. The maximum atomic E-state index is 12.8. The second kappa shape index (κ2) is 7.38. The first-order valence-electron chi connectivity index (χ1n) is 7.04. The summed E-state index contributed by atoms with van der Waals surface area (Å²) in [6, 6.07) is 12.7. The number of carbonyl (C=O) groups is 1. The Morgan fingerprint density at radius 2 is 1.73 bits per heavy atom. The van der Waals surface area contributed by atoms with Crippen LogP contribution < -0.4 is 10.6 Å². The van der Waals surface area contributed by atoms with Gasteiger partial charge in [0.05, 0.1) is 6.04 Å². The molecule has 3 nitrogen and oxygen atoms in total. The molecule has 0 spiro atoms. The van der Waals surface area contributed by atoms with Crippen LogP contribution in [0.3, 0.4) is 0 Å². The van der Waals surface area contributed by atoms with Crippen LogP contribution in [0.1, 0.15) is 25.5 Å². The number of nitrogens with one attached hydrogen (secondary N) is 2. The van der Waals surface area contributed by atoms with E-state index in [2.05, 4.69) is 10.6 Å². The lowest BCUT2D eigenvalue weighted by atomic mass is 10.1. The van der Waals surface area contributed by atoms with Crippen LogP contribution in [0.15, 0.2) is 48.5 Å². The maximum Gasteiger partial charge on any atom is 0.241 e. The van der Waals surface area contributed by atoms with E-state index in [1.54, 1.807) is 6.92 Å². The van der Waals surface area contributed by atoms with Crippen LogP contribution in [0.5, 0.6) is 0 Å². The van der Waals surface area contributed by atoms with Gasteiger partial charge in [-0.2, -0.15) is 0 Å². The van der Waals surface area contributed by atoms with Crippen molar-refractivity contribution < 1.29 is 9.18 Å². The van der Waals surface area contributed by atoms with Gasteiger partial charge in [0.1, 0.15) is 5.82 Å². The van der Waals surface area contributed by atoms with Gasteiger partial charge in [0, 0.05) is 16.8 Å². The van der Waals surface area contributed by atoms with Crippen molar-refractivity contribution in [2.75, 3.05) is 5.32 Å². The van der Waals surface area contributed by atoms with E-state index in [0.29, 0.717) is 10.7 Å². The molecule has 5 heteroatoms. The molecule has 1 amide bonds. The summed E-state index contributed by atoms with van der Waals surface area (Å²) >= 11 is 6.15. The first-order valence-corrected chi connectivity index (χ1v) is 7.42. The summed E-state index contributed by atoms with van der Waals surface area (Å²) in [5, 5.41) is 6.60. The molecule has 22 heavy (non-hydrogen) atoms. The molecule has 0 saturated carbocycles. The molecular formula is C17H18ClFN2O. The Hall–Kier alpha value is -1.91. The van der Waals surface area contributed by atoms with Crippen LogP contribution in [0.25, 0.3) is 0 Å². The lowest BCUT2D eigenvalue weighted by Gasteiger charge is -2.20. The van der Waals surface area contributed by atoms with Gasteiger partial charge in [0.25, 0.3) is 0 Å². The van der Waals surface area contributed by atoms with Crippen LogP contribution in [0.4, 0.5) is 10.1 Å². The van der Waals surface area contributed by atoms with Gasteiger partial charge in [-0.05, 0) is 49.7 Å². The molecule has 0 bridgehead atoms. The molecule has 0 heterocycles. The lowest BCUT2D eigenvalue weighted by Crippen LogP contribution is -2.39. The van der Waals surface area contributed by atoms with Crippen molar-refractivity contribution in [3.8, 4) is 0 Å². The second-order valence-corrected chi connectivity index (χ2v) is 5.53. The van der Waals surface area contributed by atoms with E-state index in [0.717, 1.165) is 5.56 Å². The predicted octanol–water partition coefficient (Wildman–Crippen LogP) is 4.16. The van der Waals surface area contributed by atoms with E-state index in [1.807, 2.05) is 31.2 Å². The van der Waals surface area contributed by atoms with E-state index < -0.39 is 6.04 Å². The van der Waals surface area contributed by atoms with E-state index in [9.17, 15) is 9.18 Å². The third-order valence-corrected chi connectivity index (χ3v) is 3.72. The molecular weight excluding hydrogens is 303 g/mol. The minimum absolute atomic E-state index is 0.0670. The van der Waals surface area contributed by atoms with Crippen molar-refractivity contribution in [1.29, 1.82) is 0 Å². The van der Waals surface area contributed by atoms with Crippen molar-refractivity contribution in [3.63, 3.8) is 0 Å². The number of amides is 1. The van der Waals surface area contributed by atoms with E-state index in [4.69, 9.17) is 11.6 Å². The van der Waals surface area contributed by atoms with Gasteiger partial charge < -0.3 is 5.32 Å². The zero-order chi connectivity index (χ0) is 16.1. The van der Waals surface area contributed by atoms with E-state index in [-0.39, 0.29) is 17.8 Å². The van der Waals surface area contributed by atoms with E-state index >= 15 is 0 Å². The molecule has 2 aromatic rings. The zero-order valence-electron chi connectivity index (χ0n) is 12.4. The maximum absolute atomic E-state index is 12.8. The third kappa shape index (κ3) is 4.29. The minimum atomic E-state index is -0.420. The Labute approximate surface area is 134 Å². The fraction of sp³-hybridized carbons (Fsp3) is 0.235. The minimum Gasteiger partial charge on any atom is -0.325 e. The molecule has 0 radical (unpaired) electrons. The number of hydrogen-bond donors (Lipinski definition) is 2. The molecule has 0 unspecified atom stereocenters. The van der Waals surface area contributed by atoms with Crippen LogP contribution in [0, 0.1) is 5.82 Å². The molecule has 0 fully saturated rings. The summed E-state index contributed by atoms with van der Waals surface area (Å²) < 4.78 is 12.8. The molecule has 2 rings (SSSR count). The first kappa shape index (κ1) is 16.5. The molecule has 0 aliphatic rings. The number of rotatable bonds is 5. The zero-order valence-corrected chi connectivity index (χ0v) is 13.2. The number of carbonyl (C=O) groups excluding carboxylic acids is 1. The Bertz CT molecular complexity index is 645. The van der Waals surface area contributed by atoms with Crippen LogP contribution in [0.2, 0.25) is 5.02 Å². The Morgan fingerprint density at radius 1 is 1.09 bits per heavy atom.